The number of hydrogen-bond donors (Lipinski definition) is 1. The molecule has 2 heteroatoms. The van der Waals surface area contributed by atoms with Gasteiger partial charge in [-0.15, -0.1) is 0 Å². The van der Waals surface area contributed by atoms with Crippen molar-refractivity contribution in [1.82, 2.24) is 9.88 Å². The SMILES string of the molecule is CNC(C)c1cc2ccccc2n1CC1CCC1. The van der Waals surface area contributed by atoms with Gasteiger partial charge in [0, 0.05) is 23.8 Å². The molecule has 2 nitrogen and oxygen atoms in total. The lowest BCUT2D eigenvalue weighted by Crippen LogP contribution is -2.22. The fraction of sp³-hybridized carbons (Fsp3) is 0.500. The highest BCUT2D eigenvalue weighted by Crippen LogP contribution is 2.32. The maximum absolute atomic E-state index is 3.37. The number of benzene rings is 1. The summed E-state index contributed by atoms with van der Waals surface area (Å²) < 4.78 is 2.53. The number of aromatic nitrogens is 1. The normalized spacial score (nSPS) is 17.9. The summed E-state index contributed by atoms with van der Waals surface area (Å²) in [6, 6.07) is 11.5. The molecule has 1 N–H and O–H groups in total. The van der Waals surface area contributed by atoms with E-state index < -0.39 is 0 Å². The van der Waals surface area contributed by atoms with Gasteiger partial charge >= 0.3 is 0 Å². The van der Waals surface area contributed by atoms with Crippen LogP contribution in [0.25, 0.3) is 10.9 Å². The summed E-state index contributed by atoms with van der Waals surface area (Å²) >= 11 is 0. The number of fused-ring (bicyclic) bond motifs is 1. The van der Waals surface area contributed by atoms with Crippen molar-refractivity contribution in [3.8, 4) is 0 Å². The first-order chi connectivity index (χ1) is 8.79. The van der Waals surface area contributed by atoms with Crippen molar-refractivity contribution in [3.63, 3.8) is 0 Å². The molecule has 1 fully saturated rings. The third kappa shape index (κ3) is 1.95. The van der Waals surface area contributed by atoms with Gasteiger partial charge in [-0.2, -0.15) is 0 Å². The van der Waals surface area contributed by atoms with Crippen LogP contribution in [0.1, 0.15) is 37.9 Å². The van der Waals surface area contributed by atoms with Gasteiger partial charge in [-0.3, -0.25) is 0 Å². The van der Waals surface area contributed by atoms with Crippen LogP contribution in [0.5, 0.6) is 0 Å². The summed E-state index contributed by atoms with van der Waals surface area (Å²) in [7, 11) is 2.04. The number of rotatable bonds is 4. The van der Waals surface area contributed by atoms with Gasteiger partial charge in [-0.25, -0.2) is 0 Å². The Bertz CT molecular complexity index is 537. The first kappa shape index (κ1) is 11.8. The summed E-state index contributed by atoms with van der Waals surface area (Å²) in [6.07, 6.45) is 4.22. The van der Waals surface area contributed by atoms with Crippen molar-refractivity contribution in [2.45, 2.75) is 38.8 Å². The Balaban J connectivity index is 2.04. The zero-order valence-corrected chi connectivity index (χ0v) is 11.3. The van der Waals surface area contributed by atoms with Crippen LogP contribution in [-0.2, 0) is 6.54 Å². The van der Waals surface area contributed by atoms with Crippen molar-refractivity contribution < 1.29 is 0 Å². The predicted octanol–water partition coefficient (Wildman–Crippen LogP) is 3.72. The Labute approximate surface area is 109 Å². The van der Waals surface area contributed by atoms with E-state index in [1.165, 1.54) is 42.4 Å². The fourth-order valence-electron chi connectivity index (χ4n) is 2.88. The molecule has 1 aliphatic carbocycles. The molecule has 1 aromatic heterocycles. The number of hydrogen-bond acceptors (Lipinski definition) is 1. The van der Waals surface area contributed by atoms with E-state index in [4.69, 9.17) is 0 Å². The summed E-state index contributed by atoms with van der Waals surface area (Å²) in [5.41, 5.74) is 2.81. The molecule has 2 aromatic rings. The highest BCUT2D eigenvalue weighted by atomic mass is 15.0. The van der Waals surface area contributed by atoms with E-state index in [0.29, 0.717) is 6.04 Å². The first-order valence-corrected chi connectivity index (χ1v) is 7.05. The monoisotopic (exact) mass is 242 g/mol. The van der Waals surface area contributed by atoms with Crippen LogP contribution in [0.2, 0.25) is 0 Å². The zero-order chi connectivity index (χ0) is 12.5. The van der Waals surface area contributed by atoms with Gasteiger partial charge in [0.2, 0.25) is 0 Å². The number of para-hydroxylation sites is 1. The molecule has 1 unspecified atom stereocenters. The molecule has 1 heterocycles. The minimum Gasteiger partial charge on any atom is -0.343 e. The molecule has 0 spiro atoms. The summed E-state index contributed by atoms with van der Waals surface area (Å²) in [5.74, 6) is 0.892. The lowest BCUT2D eigenvalue weighted by molar-refractivity contribution is 0.275. The topological polar surface area (TPSA) is 17.0 Å². The molecule has 0 saturated heterocycles. The van der Waals surface area contributed by atoms with Crippen LogP contribution in [0.15, 0.2) is 30.3 Å². The summed E-state index contributed by atoms with van der Waals surface area (Å²) in [4.78, 5) is 0. The van der Waals surface area contributed by atoms with Gasteiger partial charge in [-0.1, -0.05) is 24.6 Å². The van der Waals surface area contributed by atoms with Crippen LogP contribution < -0.4 is 5.32 Å². The molecule has 3 rings (SSSR count). The first-order valence-electron chi connectivity index (χ1n) is 7.05. The second-order valence-electron chi connectivity index (χ2n) is 5.55. The molecule has 18 heavy (non-hydrogen) atoms. The van der Waals surface area contributed by atoms with E-state index in [9.17, 15) is 0 Å². The van der Waals surface area contributed by atoms with Crippen molar-refractivity contribution in [1.29, 1.82) is 0 Å². The Kier molecular flexibility index (Phi) is 3.13. The smallest absolute Gasteiger partial charge is 0.0483 e. The predicted molar refractivity (Wildman–Crippen MR) is 76.8 cm³/mol. The minimum absolute atomic E-state index is 0.414. The van der Waals surface area contributed by atoms with E-state index in [1.807, 2.05) is 7.05 Å². The standard InChI is InChI=1S/C16H22N2/c1-12(17-2)16-10-14-8-3-4-9-15(14)18(16)11-13-6-5-7-13/h3-4,8-10,12-13,17H,5-7,11H2,1-2H3. The highest BCUT2D eigenvalue weighted by Gasteiger charge is 2.21. The number of nitrogens with one attached hydrogen (secondary N) is 1. The summed E-state index contributed by atoms with van der Waals surface area (Å²) in [5, 5.41) is 4.74. The second-order valence-corrected chi connectivity index (χ2v) is 5.55. The van der Waals surface area contributed by atoms with Crippen LogP contribution in [0, 0.1) is 5.92 Å². The van der Waals surface area contributed by atoms with Crippen molar-refractivity contribution in [2.24, 2.45) is 5.92 Å². The fourth-order valence-corrected chi connectivity index (χ4v) is 2.88. The molecule has 0 radical (unpaired) electrons. The van der Waals surface area contributed by atoms with Crippen LogP contribution >= 0.6 is 0 Å². The van der Waals surface area contributed by atoms with E-state index in [-0.39, 0.29) is 0 Å². The molecule has 96 valence electrons. The third-order valence-corrected chi connectivity index (χ3v) is 4.38. The van der Waals surface area contributed by atoms with Crippen molar-refractivity contribution in [3.05, 3.63) is 36.0 Å². The lowest BCUT2D eigenvalue weighted by Gasteiger charge is -2.28. The Hall–Kier alpha value is -1.28. The minimum atomic E-state index is 0.414. The molecule has 0 aliphatic heterocycles. The molecular weight excluding hydrogens is 220 g/mol. The average Bonchev–Trinajstić information content (AvgIpc) is 2.71. The Morgan fingerprint density at radius 3 is 2.78 bits per heavy atom. The van der Waals surface area contributed by atoms with Gasteiger partial charge < -0.3 is 9.88 Å². The van der Waals surface area contributed by atoms with Gasteiger partial charge in [-0.05, 0) is 50.2 Å². The van der Waals surface area contributed by atoms with Crippen LogP contribution in [-0.4, -0.2) is 11.6 Å². The maximum atomic E-state index is 3.37. The summed E-state index contributed by atoms with van der Waals surface area (Å²) in [6.45, 7) is 3.43. The Morgan fingerprint density at radius 1 is 1.33 bits per heavy atom. The molecule has 0 bridgehead atoms. The van der Waals surface area contributed by atoms with Gasteiger partial charge in [0.1, 0.15) is 0 Å². The van der Waals surface area contributed by atoms with Crippen molar-refractivity contribution in [2.75, 3.05) is 7.05 Å². The highest BCUT2D eigenvalue weighted by molar-refractivity contribution is 5.81. The Morgan fingerprint density at radius 2 is 2.11 bits per heavy atom. The molecule has 1 aliphatic rings. The zero-order valence-electron chi connectivity index (χ0n) is 11.3. The van der Waals surface area contributed by atoms with Crippen LogP contribution in [0.4, 0.5) is 0 Å². The molecule has 1 saturated carbocycles. The van der Waals surface area contributed by atoms with E-state index in [1.54, 1.807) is 0 Å². The quantitative estimate of drug-likeness (QED) is 0.864. The van der Waals surface area contributed by atoms with Gasteiger partial charge in [0.15, 0.2) is 0 Å². The van der Waals surface area contributed by atoms with Gasteiger partial charge in [0.05, 0.1) is 0 Å². The van der Waals surface area contributed by atoms with Crippen molar-refractivity contribution >= 4 is 10.9 Å². The largest absolute Gasteiger partial charge is 0.343 e. The van der Waals surface area contributed by atoms with E-state index in [0.717, 1.165) is 5.92 Å². The molecule has 0 amide bonds. The molecule has 1 aromatic carbocycles. The molecular formula is C16H22N2. The van der Waals surface area contributed by atoms with Gasteiger partial charge in [0.25, 0.3) is 0 Å². The maximum Gasteiger partial charge on any atom is 0.0483 e. The third-order valence-electron chi connectivity index (χ3n) is 4.38. The molecule has 1 atom stereocenters. The van der Waals surface area contributed by atoms with Crippen LogP contribution in [0.3, 0.4) is 0 Å². The average molecular weight is 242 g/mol. The second kappa shape index (κ2) is 4.77. The van der Waals surface area contributed by atoms with E-state index in [2.05, 4.69) is 47.1 Å². The lowest BCUT2D eigenvalue weighted by atomic mass is 9.85. The van der Waals surface area contributed by atoms with E-state index >= 15 is 0 Å². The number of nitrogens with zero attached hydrogens (tertiary/aromatic N) is 1.